The molecular weight excluding hydrogens is 350 g/mol. The van der Waals surface area contributed by atoms with Crippen LogP contribution in [0.25, 0.3) is 0 Å². The zero-order chi connectivity index (χ0) is 20.9. The van der Waals surface area contributed by atoms with Gasteiger partial charge in [-0.25, -0.2) is 4.79 Å². The first-order chi connectivity index (χ1) is 12.9. The first-order valence-corrected chi connectivity index (χ1v) is 10.8. The van der Waals surface area contributed by atoms with Crippen LogP contribution in [-0.2, 0) is 10.3 Å². The van der Waals surface area contributed by atoms with Crippen molar-refractivity contribution in [2.75, 3.05) is 0 Å². The number of rotatable bonds is 3. The number of fused-ring (bicyclic) bond motifs is 2. The highest BCUT2D eigenvalue weighted by Crippen LogP contribution is 2.49. The Bertz CT molecular complexity index is 692. The molecule has 0 aliphatic carbocycles. The Labute approximate surface area is 170 Å². The zero-order valence-corrected chi connectivity index (χ0v) is 18.6. The van der Waals surface area contributed by atoms with Crippen LogP contribution in [0.3, 0.4) is 0 Å². The molecule has 0 aromatic heterocycles. The van der Waals surface area contributed by atoms with E-state index in [2.05, 4.69) is 45.9 Å². The summed E-state index contributed by atoms with van der Waals surface area (Å²) in [6.07, 6.45) is 2.82. The van der Waals surface area contributed by atoms with Crippen molar-refractivity contribution in [3.05, 3.63) is 34.9 Å². The number of carbonyl (C=O) groups is 1. The number of piperidine rings is 1. The van der Waals surface area contributed by atoms with E-state index in [-0.39, 0.29) is 18.2 Å². The van der Waals surface area contributed by atoms with E-state index in [9.17, 15) is 9.90 Å². The molecule has 0 spiro atoms. The van der Waals surface area contributed by atoms with E-state index in [1.807, 2.05) is 25.7 Å². The lowest BCUT2D eigenvalue weighted by Gasteiger charge is -2.45. The van der Waals surface area contributed by atoms with E-state index in [1.165, 1.54) is 11.1 Å². The molecule has 0 radical (unpaired) electrons. The van der Waals surface area contributed by atoms with Gasteiger partial charge in [0.15, 0.2) is 0 Å². The third kappa shape index (κ3) is 3.94. The predicted octanol–water partition coefficient (Wildman–Crippen LogP) is 5.68. The summed E-state index contributed by atoms with van der Waals surface area (Å²) >= 11 is 0. The summed E-state index contributed by atoms with van der Waals surface area (Å²) in [5.41, 5.74) is 2.20. The van der Waals surface area contributed by atoms with Gasteiger partial charge in [0, 0.05) is 24.9 Å². The number of aliphatic hydroxyl groups is 1. The highest BCUT2D eigenvalue weighted by atomic mass is 16.6. The highest BCUT2D eigenvalue weighted by Gasteiger charge is 2.52. The molecule has 2 unspecified atom stereocenters. The normalized spacial score (nSPS) is 27.6. The molecule has 4 nitrogen and oxygen atoms in total. The van der Waals surface area contributed by atoms with Gasteiger partial charge in [-0.3, -0.25) is 0 Å². The molecule has 2 fully saturated rings. The van der Waals surface area contributed by atoms with Crippen molar-refractivity contribution in [3.63, 3.8) is 0 Å². The van der Waals surface area contributed by atoms with Crippen LogP contribution in [0.5, 0.6) is 0 Å². The Kier molecular flexibility index (Phi) is 5.57. The largest absolute Gasteiger partial charge is 0.444 e. The summed E-state index contributed by atoms with van der Waals surface area (Å²) in [6, 6.07) is 6.51. The maximum absolute atomic E-state index is 12.8. The smallest absolute Gasteiger partial charge is 0.410 e. The maximum atomic E-state index is 12.8. The highest BCUT2D eigenvalue weighted by molar-refractivity contribution is 5.70. The van der Waals surface area contributed by atoms with Crippen LogP contribution in [0.2, 0.25) is 0 Å². The molecule has 2 bridgehead atoms. The molecule has 2 saturated heterocycles. The summed E-state index contributed by atoms with van der Waals surface area (Å²) in [5, 5.41) is 11.9. The number of nitrogens with zero attached hydrogens (tertiary/aromatic N) is 1. The average Bonchev–Trinajstić information content (AvgIpc) is 2.85. The fourth-order valence-electron chi connectivity index (χ4n) is 5.13. The predicted molar refractivity (Wildman–Crippen MR) is 113 cm³/mol. The Morgan fingerprint density at radius 2 is 1.54 bits per heavy atom. The zero-order valence-electron chi connectivity index (χ0n) is 18.6. The van der Waals surface area contributed by atoms with Crippen molar-refractivity contribution in [2.24, 2.45) is 0 Å². The summed E-state index contributed by atoms with van der Waals surface area (Å²) < 4.78 is 5.66. The molecule has 28 heavy (non-hydrogen) atoms. The van der Waals surface area contributed by atoms with Crippen LogP contribution in [0.15, 0.2) is 18.2 Å². The monoisotopic (exact) mass is 387 g/mol. The summed E-state index contributed by atoms with van der Waals surface area (Å²) in [6.45, 7) is 14.5. The van der Waals surface area contributed by atoms with Crippen LogP contribution < -0.4 is 0 Å². The van der Waals surface area contributed by atoms with Crippen molar-refractivity contribution in [3.8, 4) is 0 Å². The number of hydrogen-bond acceptors (Lipinski definition) is 3. The van der Waals surface area contributed by atoms with Crippen LogP contribution in [-0.4, -0.2) is 33.8 Å². The Morgan fingerprint density at radius 3 is 1.93 bits per heavy atom. The minimum absolute atomic E-state index is 0.0406. The molecule has 156 valence electrons. The molecule has 2 aliphatic rings. The van der Waals surface area contributed by atoms with Gasteiger partial charge in [0.2, 0.25) is 0 Å². The van der Waals surface area contributed by atoms with Crippen LogP contribution in [0.1, 0.15) is 103 Å². The molecule has 1 N–H and O–H groups in total. The first kappa shape index (κ1) is 21.2. The van der Waals surface area contributed by atoms with Gasteiger partial charge in [-0.1, -0.05) is 45.9 Å². The minimum atomic E-state index is -0.884. The van der Waals surface area contributed by atoms with Gasteiger partial charge in [0.1, 0.15) is 5.60 Å². The number of benzene rings is 1. The fourth-order valence-corrected chi connectivity index (χ4v) is 5.13. The Hall–Kier alpha value is -1.55. The minimum Gasteiger partial charge on any atom is -0.444 e. The second-order valence-corrected chi connectivity index (χ2v) is 10.3. The molecule has 1 aromatic rings. The van der Waals surface area contributed by atoms with Crippen molar-refractivity contribution in [2.45, 2.75) is 109 Å². The van der Waals surface area contributed by atoms with Gasteiger partial charge in [0.05, 0.1) is 5.60 Å². The van der Waals surface area contributed by atoms with Gasteiger partial charge < -0.3 is 14.7 Å². The van der Waals surface area contributed by atoms with E-state index in [0.29, 0.717) is 24.7 Å². The SMILES string of the molecule is CC(C)c1cccc(C(C)C)c1C1(O)CC2CCC(C1)N2C(=O)OC(C)(C)C. The number of hydrogen-bond donors (Lipinski definition) is 1. The fraction of sp³-hybridized carbons (Fsp3) is 0.708. The summed E-state index contributed by atoms with van der Waals surface area (Å²) in [5.74, 6) is 0.693. The van der Waals surface area contributed by atoms with Crippen LogP contribution >= 0.6 is 0 Å². The van der Waals surface area contributed by atoms with Gasteiger partial charge in [0.25, 0.3) is 0 Å². The molecular formula is C24H37NO3. The lowest BCUT2D eigenvalue weighted by molar-refractivity contribution is -0.0634. The first-order valence-electron chi connectivity index (χ1n) is 10.8. The molecule has 2 atom stereocenters. The lowest BCUT2D eigenvalue weighted by atomic mass is 9.73. The molecule has 4 heteroatoms. The molecule has 2 aliphatic heterocycles. The van der Waals surface area contributed by atoms with E-state index in [1.54, 1.807) is 0 Å². The van der Waals surface area contributed by atoms with Crippen molar-refractivity contribution < 1.29 is 14.6 Å². The van der Waals surface area contributed by atoms with E-state index >= 15 is 0 Å². The van der Waals surface area contributed by atoms with Crippen molar-refractivity contribution in [1.29, 1.82) is 0 Å². The summed E-state index contributed by atoms with van der Waals surface area (Å²) in [4.78, 5) is 14.7. The van der Waals surface area contributed by atoms with Gasteiger partial charge in [-0.2, -0.15) is 0 Å². The Balaban J connectivity index is 1.96. The quantitative estimate of drug-likeness (QED) is 0.725. The molecule has 2 heterocycles. The topological polar surface area (TPSA) is 49.8 Å². The van der Waals surface area contributed by atoms with E-state index in [4.69, 9.17) is 4.74 Å². The van der Waals surface area contributed by atoms with Gasteiger partial charge in [-0.15, -0.1) is 0 Å². The second kappa shape index (κ2) is 7.37. The third-order valence-corrected chi connectivity index (χ3v) is 6.21. The van der Waals surface area contributed by atoms with Crippen molar-refractivity contribution in [1.82, 2.24) is 4.90 Å². The third-order valence-electron chi connectivity index (χ3n) is 6.21. The molecule has 0 saturated carbocycles. The standard InChI is InChI=1S/C24H37NO3/c1-15(2)19-9-8-10-20(16(3)4)21(19)24(27)13-17-11-12-18(14-24)25(17)22(26)28-23(5,6)7/h8-10,15-18,27H,11-14H2,1-7H3. The van der Waals surface area contributed by atoms with E-state index < -0.39 is 11.2 Å². The van der Waals surface area contributed by atoms with Gasteiger partial charge >= 0.3 is 6.09 Å². The molecule has 3 rings (SSSR count). The van der Waals surface area contributed by atoms with E-state index in [0.717, 1.165) is 18.4 Å². The number of carbonyl (C=O) groups excluding carboxylic acids is 1. The van der Waals surface area contributed by atoms with Crippen LogP contribution in [0, 0.1) is 0 Å². The number of ether oxygens (including phenoxy) is 1. The lowest BCUT2D eigenvalue weighted by Crippen LogP contribution is -2.53. The Morgan fingerprint density at radius 1 is 1.07 bits per heavy atom. The summed E-state index contributed by atoms with van der Waals surface area (Å²) in [7, 11) is 0. The second-order valence-electron chi connectivity index (χ2n) is 10.3. The van der Waals surface area contributed by atoms with Crippen LogP contribution in [0.4, 0.5) is 4.79 Å². The number of amides is 1. The maximum Gasteiger partial charge on any atom is 0.410 e. The van der Waals surface area contributed by atoms with Gasteiger partial charge in [-0.05, 0) is 62.1 Å². The molecule has 1 amide bonds. The average molecular weight is 388 g/mol. The van der Waals surface area contributed by atoms with Crippen molar-refractivity contribution >= 4 is 6.09 Å². The molecule has 1 aromatic carbocycles.